The molecule has 9 nitrogen and oxygen atoms in total. The highest BCUT2D eigenvalue weighted by Gasteiger charge is 2.19. The van der Waals surface area contributed by atoms with Crippen molar-refractivity contribution in [3.05, 3.63) is 61.0 Å². The molecular weight excluding hydrogens is 278 g/mol. The van der Waals surface area contributed by atoms with Crippen LogP contribution in [0.4, 0.5) is 11.5 Å². The molecule has 2 rings (SSSR count). The summed E-state index contributed by atoms with van der Waals surface area (Å²) in [6, 6.07) is 3.34. The first-order valence-corrected chi connectivity index (χ1v) is 6.02. The van der Waals surface area contributed by atoms with Crippen molar-refractivity contribution >= 4 is 11.5 Å². The van der Waals surface area contributed by atoms with E-state index in [9.17, 15) is 19.7 Å². The van der Waals surface area contributed by atoms with Crippen molar-refractivity contribution in [1.82, 2.24) is 14.1 Å². The number of hydrogen-bond acceptors (Lipinski definition) is 6. The van der Waals surface area contributed by atoms with Crippen LogP contribution in [0, 0.1) is 10.1 Å². The molecule has 110 valence electrons. The van der Waals surface area contributed by atoms with Crippen LogP contribution in [-0.4, -0.2) is 26.1 Å². The highest BCUT2D eigenvalue weighted by atomic mass is 16.6. The van der Waals surface area contributed by atoms with E-state index in [4.69, 9.17) is 0 Å². The molecule has 0 saturated carbocycles. The number of aryl methyl sites for hydroxylation is 1. The fourth-order valence-electron chi connectivity index (χ4n) is 1.94. The molecule has 21 heavy (non-hydrogen) atoms. The Morgan fingerprint density at radius 1 is 1.43 bits per heavy atom. The Bertz CT molecular complexity index is 808. The second-order valence-electron chi connectivity index (χ2n) is 4.32. The molecule has 2 aromatic rings. The summed E-state index contributed by atoms with van der Waals surface area (Å²) in [4.78, 5) is 38.2. The Morgan fingerprint density at radius 2 is 2.14 bits per heavy atom. The molecule has 2 heterocycles. The average molecular weight is 291 g/mol. The second kappa shape index (κ2) is 5.57. The van der Waals surface area contributed by atoms with Crippen LogP contribution in [0.15, 0.2) is 34.1 Å². The minimum atomic E-state index is -0.936. The van der Waals surface area contributed by atoms with Gasteiger partial charge >= 0.3 is 16.9 Å². The molecule has 0 bridgehead atoms. The van der Waals surface area contributed by atoms with Crippen LogP contribution in [0.3, 0.4) is 0 Å². The lowest BCUT2D eigenvalue weighted by Crippen LogP contribution is -2.39. The van der Waals surface area contributed by atoms with Crippen LogP contribution in [0.2, 0.25) is 0 Å². The summed E-state index contributed by atoms with van der Waals surface area (Å²) >= 11 is 0. The summed E-state index contributed by atoms with van der Waals surface area (Å²) in [7, 11) is 3.01. The molecule has 0 atom stereocenters. The van der Waals surface area contributed by atoms with Gasteiger partial charge in [0.2, 0.25) is 0 Å². The normalized spacial score (nSPS) is 10.4. The van der Waals surface area contributed by atoms with Gasteiger partial charge in [-0.15, -0.1) is 0 Å². The molecule has 0 aliphatic rings. The largest absolute Gasteiger partial charge is 0.373 e. The molecule has 9 heteroatoms. The lowest BCUT2D eigenvalue weighted by molar-refractivity contribution is -0.387. The van der Waals surface area contributed by atoms with E-state index >= 15 is 0 Å². The van der Waals surface area contributed by atoms with E-state index in [0.717, 1.165) is 15.3 Å². The Hall–Kier alpha value is -2.97. The van der Waals surface area contributed by atoms with E-state index in [1.165, 1.54) is 7.05 Å². The average Bonchev–Trinajstić information content (AvgIpc) is 2.47. The van der Waals surface area contributed by atoms with Crippen LogP contribution in [0.1, 0.15) is 5.56 Å². The number of nitrogens with one attached hydrogen (secondary N) is 1. The van der Waals surface area contributed by atoms with Crippen LogP contribution < -0.4 is 16.6 Å². The van der Waals surface area contributed by atoms with Gasteiger partial charge in [-0.05, 0) is 6.07 Å². The van der Waals surface area contributed by atoms with Gasteiger partial charge < -0.3 is 5.32 Å². The molecule has 0 radical (unpaired) electrons. The number of rotatable bonds is 4. The predicted octanol–water partition coefficient (Wildman–Crippen LogP) is -0.0598. The van der Waals surface area contributed by atoms with E-state index in [2.05, 4.69) is 10.3 Å². The van der Waals surface area contributed by atoms with Gasteiger partial charge in [0.15, 0.2) is 0 Å². The van der Waals surface area contributed by atoms with Gasteiger partial charge in [0.05, 0.1) is 17.7 Å². The number of pyridine rings is 1. The summed E-state index contributed by atoms with van der Waals surface area (Å²) in [5, 5.41) is 13.7. The number of aromatic nitrogens is 3. The Kier molecular flexibility index (Phi) is 3.83. The van der Waals surface area contributed by atoms with Crippen LogP contribution >= 0.6 is 0 Å². The van der Waals surface area contributed by atoms with Crippen LogP contribution in [0.5, 0.6) is 0 Å². The maximum absolute atomic E-state index is 12.1. The number of anilines is 1. The van der Waals surface area contributed by atoms with Crippen molar-refractivity contribution in [2.75, 3.05) is 12.4 Å². The summed E-state index contributed by atoms with van der Waals surface area (Å²) < 4.78 is 1.82. The lowest BCUT2D eigenvalue weighted by Gasteiger charge is -2.10. The van der Waals surface area contributed by atoms with E-state index in [-0.39, 0.29) is 6.54 Å². The van der Waals surface area contributed by atoms with Crippen molar-refractivity contribution in [1.29, 1.82) is 0 Å². The number of hydrogen-bond donors (Lipinski definition) is 1. The third-order valence-electron chi connectivity index (χ3n) is 2.97. The zero-order valence-electron chi connectivity index (χ0n) is 11.4. The summed E-state index contributed by atoms with van der Waals surface area (Å²) in [5.74, 6) is 0.498. The third kappa shape index (κ3) is 2.66. The summed E-state index contributed by atoms with van der Waals surface area (Å²) in [6.45, 7) is -0.100. The van der Waals surface area contributed by atoms with Gasteiger partial charge in [-0.1, -0.05) is 6.07 Å². The van der Waals surface area contributed by atoms with Crippen molar-refractivity contribution in [3.63, 3.8) is 0 Å². The fourth-order valence-corrected chi connectivity index (χ4v) is 1.94. The summed E-state index contributed by atoms with van der Waals surface area (Å²) in [5.41, 5.74) is -1.63. The van der Waals surface area contributed by atoms with Crippen molar-refractivity contribution in [2.45, 2.75) is 6.54 Å². The van der Waals surface area contributed by atoms with Gasteiger partial charge in [-0.2, -0.15) is 0 Å². The Labute approximate surface area is 118 Å². The Balaban J connectivity index is 2.62. The van der Waals surface area contributed by atoms with Crippen LogP contribution in [-0.2, 0) is 13.6 Å². The van der Waals surface area contributed by atoms with Gasteiger partial charge in [-0.25, -0.2) is 14.3 Å². The highest BCUT2D eigenvalue weighted by Crippen LogP contribution is 2.11. The molecule has 0 aliphatic carbocycles. The first kappa shape index (κ1) is 14.4. The molecule has 0 amide bonds. The molecule has 0 aliphatic heterocycles. The van der Waals surface area contributed by atoms with Crippen molar-refractivity contribution < 1.29 is 4.92 Å². The van der Waals surface area contributed by atoms with Crippen LogP contribution in [0.25, 0.3) is 0 Å². The SMILES string of the molecule is CNc1ncccc1Cn1c(=O)c([N+](=O)[O-])cn(C)c1=O. The third-order valence-corrected chi connectivity index (χ3v) is 2.97. The topological polar surface area (TPSA) is 112 Å². The molecule has 0 saturated heterocycles. The molecular formula is C12H13N5O4. The standard InChI is InChI=1S/C12H13N5O4/c1-13-10-8(4-3-5-14-10)6-16-11(18)9(17(20)21)7-15(2)12(16)19/h3-5,7H,6H2,1-2H3,(H,13,14). The molecule has 0 unspecified atom stereocenters. The lowest BCUT2D eigenvalue weighted by atomic mass is 10.2. The fraction of sp³-hybridized carbons (Fsp3) is 0.250. The predicted molar refractivity (Wildman–Crippen MR) is 75.5 cm³/mol. The summed E-state index contributed by atoms with van der Waals surface area (Å²) in [6.07, 6.45) is 2.48. The smallest absolute Gasteiger partial charge is 0.350 e. The van der Waals surface area contributed by atoms with Crippen molar-refractivity contribution in [3.8, 4) is 0 Å². The van der Waals surface area contributed by atoms with Gasteiger partial charge in [-0.3, -0.25) is 19.5 Å². The molecule has 2 aromatic heterocycles. The second-order valence-corrected chi connectivity index (χ2v) is 4.32. The first-order valence-electron chi connectivity index (χ1n) is 6.02. The van der Waals surface area contributed by atoms with Gasteiger partial charge in [0.1, 0.15) is 5.82 Å². The highest BCUT2D eigenvalue weighted by molar-refractivity contribution is 5.43. The quantitative estimate of drug-likeness (QED) is 0.624. The van der Waals surface area contributed by atoms with E-state index in [1.807, 2.05) is 0 Å². The monoisotopic (exact) mass is 291 g/mol. The minimum Gasteiger partial charge on any atom is -0.373 e. The zero-order valence-corrected chi connectivity index (χ0v) is 11.4. The maximum Gasteiger partial charge on any atom is 0.350 e. The van der Waals surface area contributed by atoms with Gasteiger partial charge in [0.25, 0.3) is 0 Å². The van der Waals surface area contributed by atoms with E-state index in [0.29, 0.717) is 11.4 Å². The van der Waals surface area contributed by atoms with Crippen molar-refractivity contribution in [2.24, 2.45) is 7.05 Å². The number of nitrogens with zero attached hydrogens (tertiary/aromatic N) is 4. The Morgan fingerprint density at radius 3 is 2.76 bits per heavy atom. The van der Waals surface area contributed by atoms with E-state index in [1.54, 1.807) is 25.4 Å². The van der Waals surface area contributed by atoms with Gasteiger partial charge in [0, 0.05) is 25.9 Å². The maximum atomic E-state index is 12.1. The molecule has 0 fully saturated rings. The molecule has 0 spiro atoms. The zero-order chi connectivity index (χ0) is 15.6. The minimum absolute atomic E-state index is 0.100. The van der Waals surface area contributed by atoms with E-state index < -0.39 is 21.9 Å². The first-order chi connectivity index (χ1) is 9.95. The number of nitro groups is 1. The molecule has 0 aromatic carbocycles. The molecule has 1 N–H and O–H groups in total.